The maximum absolute atomic E-state index is 11.9. The van der Waals surface area contributed by atoms with E-state index in [9.17, 15) is 4.79 Å². The average Bonchev–Trinajstić information content (AvgIpc) is 3.01. The zero-order chi connectivity index (χ0) is 17.6. The number of thiocarbonyl (C=S) groups is 1. The quantitative estimate of drug-likeness (QED) is 0.809. The molecule has 1 aliphatic rings. The molecule has 1 aromatic carbocycles. The van der Waals surface area contributed by atoms with E-state index in [0.29, 0.717) is 24.6 Å². The van der Waals surface area contributed by atoms with Crippen molar-refractivity contribution in [2.24, 2.45) is 0 Å². The number of hydrogen-bond acceptors (Lipinski definition) is 3. The van der Waals surface area contributed by atoms with Crippen molar-refractivity contribution in [1.82, 2.24) is 15.2 Å². The van der Waals surface area contributed by atoms with Crippen molar-refractivity contribution in [3.05, 3.63) is 59.3 Å². The van der Waals surface area contributed by atoms with Gasteiger partial charge in [0.05, 0.1) is 0 Å². The number of amides is 1. The molecule has 1 aliphatic heterocycles. The summed E-state index contributed by atoms with van der Waals surface area (Å²) in [7, 11) is 0. The van der Waals surface area contributed by atoms with Crippen LogP contribution in [-0.4, -0.2) is 27.4 Å². The molecule has 130 valence electrons. The summed E-state index contributed by atoms with van der Waals surface area (Å²) in [5.74, 6) is 0.962. The monoisotopic (exact) mass is 354 g/mol. The van der Waals surface area contributed by atoms with Gasteiger partial charge >= 0.3 is 0 Å². The lowest BCUT2D eigenvalue weighted by molar-refractivity contribution is -0.128. The lowest BCUT2D eigenvalue weighted by Crippen LogP contribution is -2.29. The molecule has 2 N–H and O–H groups in total. The van der Waals surface area contributed by atoms with Crippen molar-refractivity contribution in [3.8, 4) is 0 Å². The Labute approximate surface area is 153 Å². The highest BCUT2D eigenvalue weighted by molar-refractivity contribution is 7.80. The fraction of sp³-hybridized carbons (Fsp3) is 0.316. The number of aryl methyl sites for hydroxylation is 1. The Bertz CT molecular complexity index is 760. The number of aromatic nitrogens is 1. The molecule has 0 unspecified atom stereocenters. The first kappa shape index (κ1) is 17.4. The summed E-state index contributed by atoms with van der Waals surface area (Å²) in [5, 5.41) is 6.83. The summed E-state index contributed by atoms with van der Waals surface area (Å²) in [6.45, 7) is 4.11. The lowest BCUT2D eigenvalue weighted by Gasteiger charge is -2.19. The van der Waals surface area contributed by atoms with Gasteiger partial charge in [0.1, 0.15) is 5.82 Å². The van der Waals surface area contributed by atoms with Crippen LogP contribution in [0.1, 0.15) is 29.5 Å². The lowest BCUT2D eigenvalue weighted by atomic mass is 10.1. The van der Waals surface area contributed by atoms with Crippen LogP contribution in [0.2, 0.25) is 0 Å². The molecule has 1 saturated heterocycles. The average molecular weight is 354 g/mol. The van der Waals surface area contributed by atoms with Gasteiger partial charge in [-0.25, -0.2) is 4.98 Å². The van der Waals surface area contributed by atoms with E-state index in [1.165, 1.54) is 0 Å². The van der Waals surface area contributed by atoms with E-state index < -0.39 is 0 Å². The summed E-state index contributed by atoms with van der Waals surface area (Å²) in [6, 6.07) is 12.0. The summed E-state index contributed by atoms with van der Waals surface area (Å²) >= 11 is 5.35. The number of pyridine rings is 1. The number of rotatable bonds is 5. The highest BCUT2D eigenvalue weighted by Crippen LogP contribution is 2.17. The largest absolute Gasteiger partial charge is 0.358 e. The molecule has 0 bridgehead atoms. The smallest absolute Gasteiger partial charge is 0.222 e. The SMILES string of the molecule is Cc1ccc(NC(=S)NCc2ccccc2CN2CCCC2=O)nc1. The number of nitrogens with zero attached hydrogens (tertiary/aromatic N) is 2. The Morgan fingerprint density at radius 1 is 1.24 bits per heavy atom. The predicted octanol–water partition coefficient (Wildman–Crippen LogP) is 3.00. The Morgan fingerprint density at radius 3 is 2.72 bits per heavy atom. The summed E-state index contributed by atoms with van der Waals surface area (Å²) < 4.78 is 0. The van der Waals surface area contributed by atoms with Crippen molar-refractivity contribution in [1.29, 1.82) is 0 Å². The molecule has 0 spiro atoms. The fourth-order valence-electron chi connectivity index (χ4n) is 2.84. The summed E-state index contributed by atoms with van der Waals surface area (Å²) in [4.78, 5) is 18.1. The van der Waals surface area contributed by atoms with Gasteiger partial charge in [-0.15, -0.1) is 0 Å². The van der Waals surface area contributed by atoms with Gasteiger partial charge in [-0.2, -0.15) is 0 Å². The Morgan fingerprint density at radius 2 is 2.04 bits per heavy atom. The van der Waals surface area contributed by atoms with Gasteiger partial charge in [0, 0.05) is 32.3 Å². The van der Waals surface area contributed by atoms with Crippen molar-refractivity contribution in [3.63, 3.8) is 0 Å². The maximum atomic E-state index is 11.9. The number of likely N-dealkylation sites (tertiary alicyclic amines) is 1. The molecule has 0 atom stereocenters. The van der Waals surface area contributed by atoms with Gasteiger partial charge in [-0.3, -0.25) is 4.79 Å². The van der Waals surface area contributed by atoms with Crippen LogP contribution in [0.5, 0.6) is 0 Å². The fourth-order valence-corrected chi connectivity index (χ4v) is 3.02. The van der Waals surface area contributed by atoms with E-state index in [4.69, 9.17) is 12.2 Å². The molecule has 1 aromatic heterocycles. The first-order chi connectivity index (χ1) is 12.1. The molecular formula is C19H22N4OS. The van der Waals surface area contributed by atoms with Crippen LogP contribution in [0.25, 0.3) is 0 Å². The topological polar surface area (TPSA) is 57.3 Å². The molecule has 2 aromatic rings. The second-order valence-corrected chi connectivity index (χ2v) is 6.62. The van der Waals surface area contributed by atoms with Crippen molar-refractivity contribution in [2.45, 2.75) is 32.9 Å². The highest BCUT2D eigenvalue weighted by Gasteiger charge is 2.20. The minimum Gasteiger partial charge on any atom is -0.358 e. The van der Waals surface area contributed by atoms with E-state index in [1.54, 1.807) is 6.20 Å². The van der Waals surface area contributed by atoms with E-state index in [2.05, 4.69) is 27.8 Å². The molecule has 3 rings (SSSR count). The molecule has 1 amide bonds. The van der Waals surface area contributed by atoms with Crippen LogP contribution in [0.4, 0.5) is 5.82 Å². The third-order valence-electron chi connectivity index (χ3n) is 4.24. The van der Waals surface area contributed by atoms with Crippen LogP contribution >= 0.6 is 12.2 Å². The normalized spacial score (nSPS) is 13.8. The third-order valence-corrected chi connectivity index (χ3v) is 4.49. The Kier molecular flexibility index (Phi) is 5.60. The Balaban J connectivity index is 1.58. The van der Waals surface area contributed by atoms with Gasteiger partial charge in [0.2, 0.25) is 5.91 Å². The van der Waals surface area contributed by atoms with Crippen LogP contribution in [-0.2, 0) is 17.9 Å². The van der Waals surface area contributed by atoms with E-state index in [0.717, 1.165) is 35.5 Å². The van der Waals surface area contributed by atoms with Crippen molar-refractivity contribution in [2.75, 3.05) is 11.9 Å². The third kappa shape index (κ3) is 4.76. The molecule has 6 heteroatoms. The first-order valence-electron chi connectivity index (χ1n) is 8.44. The zero-order valence-electron chi connectivity index (χ0n) is 14.3. The van der Waals surface area contributed by atoms with Gasteiger partial charge in [0.25, 0.3) is 0 Å². The van der Waals surface area contributed by atoms with E-state index in [1.807, 2.05) is 36.1 Å². The first-order valence-corrected chi connectivity index (χ1v) is 8.85. The summed E-state index contributed by atoms with van der Waals surface area (Å²) in [6.07, 6.45) is 3.42. The zero-order valence-corrected chi connectivity index (χ0v) is 15.1. The molecular weight excluding hydrogens is 332 g/mol. The standard InChI is InChI=1S/C19H22N4OS/c1-14-8-9-17(20-11-14)22-19(25)21-12-15-5-2-3-6-16(15)13-23-10-4-7-18(23)24/h2-3,5-6,8-9,11H,4,7,10,12-13H2,1H3,(H2,20,21,22,25). The van der Waals surface area contributed by atoms with E-state index in [-0.39, 0.29) is 5.91 Å². The van der Waals surface area contributed by atoms with Crippen LogP contribution < -0.4 is 10.6 Å². The molecule has 2 heterocycles. The number of anilines is 1. The molecule has 5 nitrogen and oxygen atoms in total. The van der Waals surface area contributed by atoms with E-state index >= 15 is 0 Å². The minimum atomic E-state index is 0.241. The van der Waals surface area contributed by atoms with Crippen LogP contribution in [0.15, 0.2) is 42.6 Å². The minimum absolute atomic E-state index is 0.241. The van der Waals surface area contributed by atoms with Crippen molar-refractivity contribution >= 4 is 29.1 Å². The second-order valence-electron chi connectivity index (χ2n) is 6.22. The number of benzene rings is 1. The predicted molar refractivity (Wildman–Crippen MR) is 103 cm³/mol. The second kappa shape index (κ2) is 8.07. The number of carbonyl (C=O) groups is 1. The highest BCUT2D eigenvalue weighted by atomic mass is 32.1. The number of nitrogens with one attached hydrogen (secondary N) is 2. The van der Waals surface area contributed by atoms with Gasteiger partial charge < -0.3 is 15.5 Å². The Hall–Kier alpha value is -2.47. The number of hydrogen-bond donors (Lipinski definition) is 2. The van der Waals surface area contributed by atoms with Gasteiger partial charge in [-0.1, -0.05) is 30.3 Å². The van der Waals surface area contributed by atoms with Crippen LogP contribution in [0, 0.1) is 6.92 Å². The van der Waals surface area contributed by atoms with Crippen molar-refractivity contribution < 1.29 is 4.79 Å². The van der Waals surface area contributed by atoms with Gasteiger partial charge in [0.15, 0.2) is 5.11 Å². The summed E-state index contributed by atoms with van der Waals surface area (Å²) in [5.41, 5.74) is 3.40. The molecule has 25 heavy (non-hydrogen) atoms. The number of carbonyl (C=O) groups excluding carboxylic acids is 1. The molecule has 0 saturated carbocycles. The molecule has 0 radical (unpaired) electrons. The van der Waals surface area contributed by atoms with Gasteiger partial charge in [-0.05, 0) is 48.3 Å². The van der Waals surface area contributed by atoms with Crippen LogP contribution in [0.3, 0.4) is 0 Å². The maximum Gasteiger partial charge on any atom is 0.222 e. The molecule has 0 aliphatic carbocycles. The molecule has 1 fully saturated rings.